The monoisotopic (exact) mass is 223 g/mol. The summed E-state index contributed by atoms with van der Waals surface area (Å²) in [6, 6.07) is 0.384. The molecule has 0 fully saturated rings. The van der Waals surface area contributed by atoms with Crippen LogP contribution >= 0.6 is 0 Å². The number of aromatic nitrogens is 2. The largest absolute Gasteiger partial charge is 0.310 e. The molecule has 1 aromatic rings. The minimum absolute atomic E-state index is 0.384. The van der Waals surface area contributed by atoms with Crippen LogP contribution in [-0.4, -0.2) is 16.3 Å². The quantitative estimate of drug-likeness (QED) is 0.831. The van der Waals surface area contributed by atoms with Gasteiger partial charge < -0.3 is 5.32 Å². The molecule has 0 bridgehead atoms. The molecule has 0 saturated carbocycles. The van der Waals surface area contributed by atoms with E-state index in [4.69, 9.17) is 0 Å². The van der Waals surface area contributed by atoms with E-state index in [9.17, 15) is 0 Å². The predicted molar refractivity (Wildman–Crippen MR) is 68.4 cm³/mol. The maximum Gasteiger partial charge on any atom is 0.0540 e. The van der Waals surface area contributed by atoms with E-state index in [1.165, 1.54) is 11.3 Å². The van der Waals surface area contributed by atoms with Crippen LogP contribution in [0.4, 0.5) is 0 Å². The van der Waals surface area contributed by atoms with Crippen LogP contribution in [0.15, 0.2) is 6.20 Å². The zero-order valence-electron chi connectivity index (χ0n) is 11.4. The number of nitrogens with one attached hydrogen (secondary N) is 1. The second kappa shape index (κ2) is 5.48. The van der Waals surface area contributed by atoms with Crippen LogP contribution in [0.3, 0.4) is 0 Å². The van der Waals surface area contributed by atoms with Gasteiger partial charge in [-0.3, -0.25) is 4.68 Å². The molecule has 0 radical (unpaired) electrons. The van der Waals surface area contributed by atoms with Crippen molar-refractivity contribution in [1.82, 2.24) is 15.1 Å². The Balaban J connectivity index is 2.53. The molecular weight excluding hydrogens is 198 g/mol. The van der Waals surface area contributed by atoms with Crippen LogP contribution in [0.2, 0.25) is 0 Å². The van der Waals surface area contributed by atoms with Crippen molar-refractivity contribution in [1.29, 1.82) is 0 Å². The van der Waals surface area contributed by atoms with E-state index in [0.717, 1.165) is 12.5 Å². The molecule has 3 heteroatoms. The molecule has 1 N–H and O–H groups in total. The first-order valence-electron chi connectivity index (χ1n) is 6.15. The zero-order chi connectivity index (χ0) is 12.3. The molecule has 1 heterocycles. The van der Waals surface area contributed by atoms with Crippen molar-refractivity contribution in [2.24, 2.45) is 18.9 Å². The molecule has 0 aliphatic heterocycles. The van der Waals surface area contributed by atoms with E-state index in [0.29, 0.717) is 12.0 Å². The minimum Gasteiger partial charge on any atom is -0.310 e. The van der Waals surface area contributed by atoms with E-state index >= 15 is 0 Å². The van der Waals surface area contributed by atoms with Gasteiger partial charge >= 0.3 is 0 Å². The van der Waals surface area contributed by atoms with Gasteiger partial charge in [0.25, 0.3) is 0 Å². The maximum atomic E-state index is 4.28. The first-order chi connectivity index (χ1) is 7.43. The van der Waals surface area contributed by atoms with Crippen molar-refractivity contribution in [2.45, 2.75) is 40.7 Å². The third-order valence-electron chi connectivity index (χ3n) is 3.62. The van der Waals surface area contributed by atoms with E-state index in [2.05, 4.69) is 45.0 Å². The smallest absolute Gasteiger partial charge is 0.0540 e. The summed E-state index contributed by atoms with van der Waals surface area (Å²) in [5, 5.41) is 7.86. The number of nitrogens with zero attached hydrogens (tertiary/aromatic N) is 2. The molecule has 0 aromatic carbocycles. The van der Waals surface area contributed by atoms with Gasteiger partial charge in [0.2, 0.25) is 0 Å². The van der Waals surface area contributed by atoms with Crippen LogP contribution in [0, 0.1) is 18.8 Å². The summed E-state index contributed by atoms with van der Waals surface area (Å²) in [5.74, 6) is 1.44. The summed E-state index contributed by atoms with van der Waals surface area (Å²) in [7, 11) is 1.99. The number of hydrogen-bond donors (Lipinski definition) is 1. The van der Waals surface area contributed by atoms with E-state index in [1.807, 2.05) is 17.9 Å². The van der Waals surface area contributed by atoms with Gasteiger partial charge in [-0.05, 0) is 32.2 Å². The normalized spacial score (nSPS) is 15.4. The number of rotatable bonds is 5. The first-order valence-corrected chi connectivity index (χ1v) is 6.15. The van der Waals surface area contributed by atoms with Crippen molar-refractivity contribution in [3.8, 4) is 0 Å². The Bertz CT molecular complexity index is 328. The van der Waals surface area contributed by atoms with Crippen molar-refractivity contribution < 1.29 is 0 Å². The lowest BCUT2D eigenvalue weighted by molar-refractivity contribution is 0.375. The van der Waals surface area contributed by atoms with Gasteiger partial charge in [0, 0.05) is 24.3 Å². The minimum atomic E-state index is 0.384. The Kier molecular flexibility index (Phi) is 4.54. The predicted octanol–water partition coefficient (Wildman–Crippen LogP) is 2.67. The highest BCUT2D eigenvalue weighted by atomic mass is 15.3. The van der Waals surface area contributed by atoms with E-state index in [1.54, 1.807) is 0 Å². The highest BCUT2D eigenvalue weighted by Gasteiger charge is 2.13. The van der Waals surface area contributed by atoms with Crippen LogP contribution < -0.4 is 5.32 Å². The molecule has 0 amide bonds. The van der Waals surface area contributed by atoms with Crippen LogP contribution in [0.1, 0.15) is 45.0 Å². The van der Waals surface area contributed by atoms with Crippen LogP contribution in [0.5, 0.6) is 0 Å². The summed E-state index contributed by atoms with van der Waals surface area (Å²) in [4.78, 5) is 0. The third-order valence-corrected chi connectivity index (χ3v) is 3.62. The summed E-state index contributed by atoms with van der Waals surface area (Å²) < 4.78 is 1.93. The van der Waals surface area contributed by atoms with Gasteiger partial charge in [0.05, 0.1) is 6.20 Å². The van der Waals surface area contributed by atoms with Crippen molar-refractivity contribution >= 4 is 0 Å². The molecule has 2 atom stereocenters. The molecular formula is C13H25N3. The van der Waals surface area contributed by atoms with Gasteiger partial charge in [-0.15, -0.1) is 0 Å². The molecule has 92 valence electrons. The second-order valence-corrected chi connectivity index (χ2v) is 5.16. The van der Waals surface area contributed by atoms with Crippen molar-refractivity contribution in [3.63, 3.8) is 0 Å². The van der Waals surface area contributed by atoms with E-state index in [-0.39, 0.29) is 0 Å². The maximum absolute atomic E-state index is 4.28. The second-order valence-electron chi connectivity index (χ2n) is 5.16. The van der Waals surface area contributed by atoms with Gasteiger partial charge in [-0.25, -0.2) is 0 Å². The van der Waals surface area contributed by atoms with Crippen LogP contribution in [0.25, 0.3) is 0 Å². The molecule has 0 saturated heterocycles. The average Bonchev–Trinajstić information content (AvgIpc) is 2.55. The summed E-state index contributed by atoms with van der Waals surface area (Å²) in [6.07, 6.45) is 1.97. The molecule has 1 aromatic heterocycles. The number of aryl methyl sites for hydroxylation is 1. The lowest BCUT2D eigenvalue weighted by atomic mass is 9.97. The third kappa shape index (κ3) is 3.08. The van der Waals surface area contributed by atoms with Crippen LogP contribution in [-0.2, 0) is 7.05 Å². The van der Waals surface area contributed by atoms with Crippen molar-refractivity contribution in [3.05, 3.63) is 17.5 Å². The SMILES string of the molecule is Cc1c(C(C)NCC(C)C(C)C)cnn1C. The highest BCUT2D eigenvalue weighted by Crippen LogP contribution is 2.17. The Morgan fingerprint density at radius 2 is 1.94 bits per heavy atom. The Hall–Kier alpha value is -0.830. The Morgan fingerprint density at radius 1 is 1.31 bits per heavy atom. The molecule has 0 aliphatic rings. The average molecular weight is 223 g/mol. The first kappa shape index (κ1) is 13.2. The fourth-order valence-electron chi connectivity index (χ4n) is 1.65. The summed E-state index contributed by atoms with van der Waals surface area (Å²) in [5.41, 5.74) is 2.55. The topological polar surface area (TPSA) is 29.9 Å². The van der Waals surface area contributed by atoms with Gasteiger partial charge in [-0.2, -0.15) is 5.10 Å². The summed E-state index contributed by atoms with van der Waals surface area (Å²) in [6.45, 7) is 12.2. The Labute approximate surface area is 99.2 Å². The van der Waals surface area contributed by atoms with Gasteiger partial charge in [-0.1, -0.05) is 20.8 Å². The van der Waals surface area contributed by atoms with Gasteiger partial charge in [0.1, 0.15) is 0 Å². The molecule has 3 nitrogen and oxygen atoms in total. The molecule has 0 spiro atoms. The van der Waals surface area contributed by atoms with Crippen molar-refractivity contribution in [2.75, 3.05) is 6.54 Å². The molecule has 16 heavy (non-hydrogen) atoms. The lowest BCUT2D eigenvalue weighted by Gasteiger charge is -2.20. The fourth-order valence-corrected chi connectivity index (χ4v) is 1.65. The lowest BCUT2D eigenvalue weighted by Crippen LogP contribution is -2.27. The van der Waals surface area contributed by atoms with Gasteiger partial charge in [0.15, 0.2) is 0 Å². The Morgan fingerprint density at radius 3 is 2.38 bits per heavy atom. The fraction of sp³-hybridized carbons (Fsp3) is 0.769. The molecule has 1 rings (SSSR count). The summed E-state index contributed by atoms with van der Waals surface area (Å²) >= 11 is 0. The number of hydrogen-bond acceptors (Lipinski definition) is 2. The highest BCUT2D eigenvalue weighted by molar-refractivity contribution is 5.19. The molecule has 2 unspecified atom stereocenters. The van der Waals surface area contributed by atoms with E-state index < -0.39 is 0 Å². The zero-order valence-corrected chi connectivity index (χ0v) is 11.4. The molecule has 0 aliphatic carbocycles. The standard InChI is InChI=1S/C13H25N3/c1-9(2)10(3)7-14-11(4)13-8-15-16(6)12(13)5/h8-11,14H,7H2,1-6H3.